The molecule has 3 aliphatic rings. The molecule has 2 aromatic carbocycles. The van der Waals surface area contributed by atoms with Gasteiger partial charge in [-0.3, -0.25) is 5.01 Å². The number of benzene rings is 2. The van der Waals surface area contributed by atoms with Crippen molar-refractivity contribution in [2.75, 3.05) is 72.0 Å². The molecule has 0 amide bonds. The van der Waals surface area contributed by atoms with E-state index in [1.807, 2.05) is 23.9 Å². The van der Waals surface area contributed by atoms with Gasteiger partial charge in [0, 0.05) is 50.1 Å². The lowest BCUT2D eigenvalue weighted by Gasteiger charge is -2.33. The second kappa shape index (κ2) is 11.7. The second-order valence-electron chi connectivity index (χ2n) is 9.93. The summed E-state index contributed by atoms with van der Waals surface area (Å²) in [6.07, 6.45) is 3.45. The van der Waals surface area contributed by atoms with E-state index in [0.717, 1.165) is 42.5 Å². The molecule has 6 nitrogen and oxygen atoms in total. The Bertz CT molecular complexity index is 1060. The number of hydrazone groups is 1. The number of fused-ring (bicyclic) bond motifs is 1. The molecule has 0 bridgehead atoms. The summed E-state index contributed by atoms with van der Waals surface area (Å²) in [5.74, 6) is 4.29. The van der Waals surface area contributed by atoms with Crippen molar-refractivity contribution in [1.29, 1.82) is 0 Å². The summed E-state index contributed by atoms with van der Waals surface area (Å²) in [4.78, 5) is 5.02. The molecule has 2 atom stereocenters. The van der Waals surface area contributed by atoms with Crippen LogP contribution in [0.15, 0.2) is 59.2 Å². The number of likely N-dealkylation sites (N-methyl/N-ethyl adjacent to an activating group) is 1. The Labute approximate surface area is 219 Å². The first kappa shape index (κ1) is 25.2. The zero-order valence-corrected chi connectivity index (χ0v) is 22.5. The van der Waals surface area contributed by atoms with Gasteiger partial charge in [-0.1, -0.05) is 24.3 Å². The van der Waals surface area contributed by atoms with Crippen molar-refractivity contribution in [3.63, 3.8) is 0 Å². The summed E-state index contributed by atoms with van der Waals surface area (Å²) in [6.45, 7) is 6.78. The molecule has 2 unspecified atom stereocenters. The molecule has 192 valence electrons. The number of nitrogens with zero attached hydrogens (tertiary/aromatic N) is 4. The molecular formula is C29H38N4O2S. The lowest BCUT2D eigenvalue weighted by atomic mass is 9.87. The van der Waals surface area contributed by atoms with Crippen LogP contribution in [0.25, 0.3) is 6.08 Å². The molecule has 0 aromatic heterocycles. The monoisotopic (exact) mass is 506 g/mol. The lowest BCUT2D eigenvalue weighted by Crippen LogP contribution is -2.45. The summed E-state index contributed by atoms with van der Waals surface area (Å²) in [7, 11) is 5.65. The molecule has 2 fully saturated rings. The van der Waals surface area contributed by atoms with Crippen LogP contribution in [0.4, 0.5) is 0 Å². The molecule has 7 heteroatoms. The Morgan fingerprint density at radius 1 is 0.917 bits per heavy atom. The van der Waals surface area contributed by atoms with Crippen LogP contribution >= 0.6 is 11.8 Å². The maximum absolute atomic E-state index is 5.43. The first-order chi connectivity index (χ1) is 17.6. The van der Waals surface area contributed by atoms with Gasteiger partial charge < -0.3 is 19.3 Å². The number of thioether (sulfide) groups is 1. The van der Waals surface area contributed by atoms with E-state index in [2.05, 4.69) is 64.3 Å². The first-order valence-electron chi connectivity index (χ1n) is 13.0. The van der Waals surface area contributed by atoms with Crippen molar-refractivity contribution < 1.29 is 9.47 Å². The summed E-state index contributed by atoms with van der Waals surface area (Å²) in [6, 6.07) is 17.2. The van der Waals surface area contributed by atoms with Crippen molar-refractivity contribution in [3.8, 4) is 11.5 Å². The van der Waals surface area contributed by atoms with Gasteiger partial charge in [0.2, 0.25) is 0 Å². The zero-order valence-electron chi connectivity index (χ0n) is 21.7. The van der Waals surface area contributed by atoms with Crippen molar-refractivity contribution in [2.45, 2.75) is 12.5 Å². The Kier molecular flexibility index (Phi) is 8.19. The van der Waals surface area contributed by atoms with Gasteiger partial charge in [-0.15, -0.1) is 0 Å². The largest absolute Gasteiger partial charge is 0.497 e. The molecule has 5 rings (SSSR count). The highest BCUT2D eigenvalue weighted by Gasteiger charge is 2.41. The number of ether oxygens (including phenoxy) is 2. The number of hydrogen-bond donors (Lipinski definition) is 0. The van der Waals surface area contributed by atoms with Crippen LogP contribution < -0.4 is 9.47 Å². The smallest absolute Gasteiger partial charge is 0.118 e. The fraction of sp³-hybridized carbons (Fsp3) is 0.483. The first-order valence-corrected chi connectivity index (χ1v) is 14.1. The van der Waals surface area contributed by atoms with Crippen LogP contribution in [-0.4, -0.2) is 92.6 Å². The molecule has 3 heterocycles. The normalized spacial score (nSPS) is 24.0. The third-order valence-electron chi connectivity index (χ3n) is 7.55. The number of hydrogen-bond acceptors (Lipinski definition) is 7. The van der Waals surface area contributed by atoms with Crippen LogP contribution in [0.5, 0.6) is 11.5 Å². The fourth-order valence-electron chi connectivity index (χ4n) is 5.41. The van der Waals surface area contributed by atoms with E-state index in [1.54, 1.807) is 14.2 Å². The number of rotatable bonds is 8. The lowest BCUT2D eigenvalue weighted by molar-refractivity contribution is 0.139. The highest BCUT2D eigenvalue weighted by Crippen LogP contribution is 2.43. The van der Waals surface area contributed by atoms with Crippen molar-refractivity contribution in [1.82, 2.24) is 14.8 Å². The predicted octanol–water partition coefficient (Wildman–Crippen LogP) is 4.50. The van der Waals surface area contributed by atoms with E-state index in [1.165, 1.54) is 48.6 Å². The van der Waals surface area contributed by atoms with Crippen molar-refractivity contribution >= 4 is 23.5 Å². The Morgan fingerprint density at radius 2 is 1.58 bits per heavy atom. The quantitative estimate of drug-likeness (QED) is 0.525. The van der Waals surface area contributed by atoms with Gasteiger partial charge >= 0.3 is 0 Å². The van der Waals surface area contributed by atoms with Crippen molar-refractivity contribution in [3.05, 3.63) is 65.2 Å². The van der Waals surface area contributed by atoms with Crippen LogP contribution in [0.2, 0.25) is 0 Å². The Balaban J connectivity index is 1.36. The average molecular weight is 507 g/mol. The SMILES string of the molecule is COc1ccc(/C=C2\CSCC3C2=NN(CCCN2CCN(C)CC2)C3c2ccc(OC)cc2)cc1. The van der Waals surface area contributed by atoms with Gasteiger partial charge in [-0.25, -0.2) is 0 Å². The Morgan fingerprint density at radius 3 is 2.25 bits per heavy atom. The highest BCUT2D eigenvalue weighted by molar-refractivity contribution is 7.99. The molecule has 36 heavy (non-hydrogen) atoms. The average Bonchev–Trinajstić information content (AvgIpc) is 3.29. The van der Waals surface area contributed by atoms with Gasteiger partial charge in [0.1, 0.15) is 11.5 Å². The molecule has 0 N–H and O–H groups in total. The van der Waals surface area contributed by atoms with Gasteiger partial charge in [0.05, 0.1) is 26.0 Å². The molecule has 2 saturated heterocycles. The molecule has 3 aliphatic heterocycles. The summed E-state index contributed by atoms with van der Waals surface area (Å²) < 4.78 is 10.8. The highest BCUT2D eigenvalue weighted by atomic mass is 32.2. The fourth-order valence-corrected chi connectivity index (χ4v) is 6.58. The topological polar surface area (TPSA) is 40.5 Å². The van der Waals surface area contributed by atoms with Crippen LogP contribution in [0.3, 0.4) is 0 Å². The minimum atomic E-state index is 0.269. The van der Waals surface area contributed by atoms with E-state index in [4.69, 9.17) is 14.6 Å². The molecule has 2 aromatic rings. The molecule has 0 spiro atoms. The standard InChI is InChI=1S/C29H38N4O2S/c1-31-15-17-32(18-16-31)13-4-14-33-29(23-7-11-26(35-3)12-8-23)27-21-36-20-24(28(27)30-33)19-22-5-9-25(34-2)10-6-22/h5-12,19,27,29H,4,13-18,20-21H2,1-3H3/b24-19+. The molecular weight excluding hydrogens is 468 g/mol. The maximum atomic E-state index is 5.43. The van der Waals surface area contributed by atoms with Crippen LogP contribution in [0.1, 0.15) is 23.6 Å². The predicted molar refractivity (Wildman–Crippen MR) is 150 cm³/mol. The Hall–Kier alpha value is -2.48. The summed E-state index contributed by atoms with van der Waals surface area (Å²) in [5.41, 5.74) is 5.14. The third-order valence-corrected chi connectivity index (χ3v) is 8.66. The van der Waals surface area contributed by atoms with E-state index >= 15 is 0 Å². The van der Waals surface area contributed by atoms with E-state index in [9.17, 15) is 0 Å². The van der Waals surface area contributed by atoms with Gasteiger partial charge in [-0.2, -0.15) is 16.9 Å². The van der Waals surface area contributed by atoms with E-state index < -0.39 is 0 Å². The number of methoxy groups -OCH3 is 2. The van der Waals surface area contributed by atoms with Crippen LogP contribution in [0, 0.1) is 5.92 Å². The molecule has 0 saturated carbocycles. The van der Waals surface area contributed by atoms with Gasteiger partial charge in [0.25, 0.3) is 0 Å². The zero-order chi connectivity index (χ0) is 24.9. The van der Waals surface area contributed by atoms with Crippen molar-refractivity contribution in [2.24, 2.45) is 11.0 Å². The summed E-state index contributed by atoms with van der Waals surface area (Å²) in [5, 5.41) is 7.68. The van der Waals surface area contributed by atoms with E-state index in [0.29, 0.717) is 5.92 Å². The minimum Gasteiger partial charge on any atom is -0.497 e. The van der Waals surface area contributed by atoms with Gasteiger partial charge in [-0.05, 0) is 67.1 Å². The van der Waals surface area contributed by atoms with Gasteiger partial charge in [0.15, 0.2) is 0 Å². The van der Waals surface area contributed by atoms with E-state index in [-0.39, 0.29) is 6.04 Å². The number of piperazine rings is 1. The maximum Gasteiger partial charge on any atom is 0.118 e. The molecule has 0 aliphatic carbocycles. The van der Waals surface area contributed by atoms with Crippen LogP contribution in [-0.2, 0) is 0 Å². The minimum absolute atomic E-state index is 0.269. The molecule has 0 radical (unpaired) electrons. The summed E-state index contributed by atoms with van der Waals surface area (Å²) >= 11 is 2.02. The second-order valence-corrected chi connectivity index (χ2v) is 11.0. The third kappa shape index (κ3) is 5.74.